The first kappa shape index (κ1) is 10.5. The summed E-state index contributed by atoms with van der Waals surface area (Å²) in [7, 11) is 0. The van der Waals surface area contributed by atoms with Gasteiger partial charge < -0.3 is 10.6 Å². The minimum Gasteiger partial charge on any atom is -0.354 e. The summed E-state index contributed by atoms with van der Waals surface area (Å²) >= 11 is 0. The van der Waals surface area contributed by atoms with Crippen molar-refractivity contribution in [1.29, 1.82) is 0 Å². The molecule has 0 spiro atoms. The van der Waals surface area contributed by atoms with E-state index < -0.39 is 0 Å². The van der Waals surface area contributed by atoms with Gasteiger partial charge in [0.15, 0.2) is 5.82 Å². The van der Waals surface area contributed by atoms with Gasteiger partial charge in [0.05, 0.1) is 5.69 Å². The van der Waals surface area contributed by atoms with Gasteiger partial charge in [0, 0.05) is 29.8 Å². The van der Waals surface area contributed by atoms with Crippen molar-refractivity contribution in [3.05, 3.63) is 30.0 Å². The summed E-state index contributed by atoms with van der Waals surface area (Å²) in [4.78, 5) is 2.26. The number of nitrogens with zero attached hydrogens (tertiary/aromatic N) is 3. The van der Waals surface area contributed by atoms with Crippen molar-refractivity contribution in [2.75, 3.05) is 24.5 Å². The summed E-state index contributed by atoms with van der Waals surface area (Å²) in [5.41, 5.74) is 6.63. The van der Waals surface area contributed by atoms with E-state index in [2.05, 4.69) is 27.2 Å². The fourth-order valence-corrected chi connectivity index (χ4v) is 2.35. The first-order chi connectivity index (χ1) is 8.29. The van der Waals surface area contributed by atoms with E-state index in [1.54, 1.807) is 0 Å². The highest BCUT2D eigenvalue weighted by molar-refractivity contribution is 5.93. The van der Waals surface area contributed by atoms with Crippen LogP contribution in [0.3, 0.4) is 0 Å². The monoisotopic (exact) mass is 228 g/mol. The molecule has 88 valence electrons. The predicted molar refractivity (Wildman–Crippen MR) is 69.0 cm³/mol. The molecule has 0 amide bonds. The highest BCUT2D eigenvalue weighted by Gasteiger charge is 2.28. The van der Waals surface area contributed by atoms with Crippen LogP contribution in [-0.4, -0.2) is 29.8 Å². The van der Waals surface area contributed by atoms with Crippen LogP contribution in [0.4, 0.5) is 5.82 Å². The lowest BCUT2D eigenvalue weighted by atomic mass is 9.99. The van der Waals surface area contributed by atoms with Gasteiger partial charge in [0.25, 0.3) is 0 Å². The molecule has 1 aromatic heterocycles. The third kappa shape index (κ3) is 1.65. The third-order valence-corrected chi connectivity index (χ3v) is 3.44. The summed E-state index contributed by atoms with van der Waals surface area (Å²) in [6.45, 7) is 4.75. The second kappa shape index (κ2) is 3.96. The normalized spacial score (nSPS) is 16.2. The Bertz CT molecular complexity index is 546. The maximum atomic E-state index is 5.65. The molecular formula is C13H16N4. The molecule has 4 nitrogen and oxygen atoms in total. The zero-order valence-corrected chi connectivity index (χ0v) is 9.93. The van der Waals surface area contributed by atoms with E-state index in [1.165, 1.54) is 10.8 Å². The van der Waals surface area contributed by atoms with E-state index in [0.29, 0.717) is 5.92 Å². The Morgan fingerprint density at radius 2 is 1.94 bits per heavy atom. The van der Waals surface area contributed by atoms with Crippen LogP contribution >= 0.6 is 0 Å². The van der Waals surface area contributed by atoms with Gasteiger partial charge in [-0.3, -0.25) is 0 Å². The summed E-state index contributed by atoms with van der Waals surface area (Å²) in [5.74, 6) is 1.60. The quantitative estimate of drug-likeness (QED) is 0.842. The van der Waals surface area contributed by atoms with Crippen LogP contribution in [0.1, 0.15) is 5.69 Å². The Morgan fingerprint density at radius 1 is 1.24 bits per heavy atom. The first-order valence-corrected chi connectivity index (χ1v) is 5.96. The van der Waals surface area contributed by atoms with Crippen molar-refractivity contribution in [1.82, 2.24) is 10.2 Å². The molecule has 0 aliphatic carbocycles. The van der Waals surface area contributed by atoms with Crippen LogP contribution in [0.15, 0.2) is 24.3 Å². The maximum absolute atomic E-state index is 5.65. The average Bonchev–Trinajstić information content (AvgIpc) is 2.31. The van der Waals surface area contributed by atoms with Crippen LogP contribution < -0.4 is 10.6 Å². The van der Waals surface area contributed by atoms with Gasteiger partial charge in [0.2, 0.25) is 0 Å². The first-order valence-electron chi connectivity index (χ1n) is 5.96. The maximum Gasteiger partial charge on any atom is 0.159 e. The lowest BCUT2D eigenvalue weighted by Crippen LogP contribution is -2.50. The zero-order chi connectivity index (χ0) is 11.8. The number of rotatable bonds is 2. The molecule has 2 N–H and O–H groups in total. The van der Waals surface area contributed by atoms with Gasteiger partial charge in [-0.25, -0.2) is 0 Å². The molecule has 1 aromatic carbocycles. The molecule has 2 heterocycles. The van der Waals surface area contributed by atoms with Crippen molar-refractivity contribution in [3.63, 3.8) is 0 Å². The van der Waals surface area contributed by atoms with Crippen molar-refractivity contribution in [2.45, 2.75) is 6.92 Å². The number of anilines is 1. The Kier molecular flexibility index (Phi) is 2.44. The molecule has 1 saturated heterocycles. The van der Waals surface area contributed by atoms with Gasteiger partial charge in [-0.15, -0.1) is 5.10 Å². The number of fused-ring (bicyclic) bond motifs is 1. The number of aryl methyl sites for hydroxylation is 1. The molecule has 0 atom stereocenters. The highest BCUT2D eigenvalue weighted by Crippen LogP contribution is 2.29. The van der Waals surface area contributed by atoms with Crippen LogP contribution in [0.5, 0.6) is 0 Å². The second-order valence-corrected chi connectivity index (χ2v) is 4.66. The average molecular weight is 228 g/mol. The molecule has 0 unspecified atom stereocenters. The Balaban J connectivity index is 2.03. The van der Waals surface area contributed by atoms with Crippen LogP contribution in [0.2, 0.25) is 0 Å². The number of hydrogen-bond acceptors (Lipinski definition) is 4. The number of aromatic nitrogens is 2. The van der Waals surface area contributed by atoms with Gasteiger partial charge >= 0.3 is 0 Å². The van der Waals surface area contributed by atoms with E-state index in [4.69, 9.17) is 5.73 Å². The fourth-order valence-electron chi connectivity index (χ4n) is 2.35. The molecular weight excluding hydrogens is 212 g/mol. The van der Waals surface area contributed by atoms with Gasteiger partial charge in [-0.1, -0.05) is 24.3 Å². The van der Waals surface area contributed by atoms with E-state index in [9.17, 15) is 0 Å². The third-order valence-electron chi connectivity index (χ3n) is 3.44. The van der Waals surface area contributed by atoms with Gasteiger partial charge in [-0.2, -0.15) is 5.10 Å². The largest absolute Gasteiger partial charge is 0.354 e. The minimum absolute atomic E-state index is 0.608. The van der Waals surface area contributed by atoms with E-state index in [0.717, 1.165) is 31.1 Å². The molecule has 1 aliphatic rings. The molecule has 4 heteroatoms. The number of benzene rings is 1. The molecule has 17 heavy (non-hydrogen) atoms. The van der Waals surface area contributed by atoms with E-state index in [1.807, 2.05) is 19.1 Å². The van der Waals surface area contributed by atoms with E-state index in [-0.39, 0.29) is 0 Å². The van der Waals surface area contributed by atoms with Gasteiger partial charge in [-0.05, 0) is 13.5 Å². The Hall–Kier alpha value is -1.68. The van der Waals surface area contributed by atoms with Crippen molar-refractivity contribution >= 4 is 16.6 Å². The van der Waals surface area contributed by atoms with E-state index >= 15 is 0 Å². The standard InChI is InChI=1S/C13H16N4/c1-9-11-4-2-3-5-12(11)13(16-15-9)17-7-10(6-14)8-17/h2-5,10H,6-8,14H2,1H3. The molecule has 0 saturated carbocycles. The topological polar surface area (TPSA) is 55.0 Å². The smallest absolute Gasteiger partial charge is 0.159 e. The molecule has 1 aliphatic heterocycles. The van der Waals surface area contributed by atoms with Gasteiger partial charge in [0.1, 0.15) is 0 Å². The molecule has 0 radical (unpaired) electrons. The van der Waals surface area contributed by atoms with Crippen LogP contribution in [-0.2, 0) is 0 Å². The number of nitrogens with two attached hydrogens (primary N) is 1. The van der Waals surface area contributed by atoms with Crippen molar-refractivity contribution in [2.24, 2.45) is 11.7 Å². The Labute approximate surface area is 100 Å². The van der Waals surface area contributed by atoms with Crippen molar-refractivity contribution in [3.8, 4) is 0 Å². The summed E-state index contributed by atoms with van der Waals surface area (Å²) < 4.78 is 0. The fraction of sp³-hybridized carbons (Fsp3) is 0.385. The zero-order valence-electron chi connectivity index (χ0n) is 9.93. The highest BCUT2D eigenvalue weighted by atomic mass is 15.3. The summed E-state index contributed by atoms with van der Waals surface area (Å²) in [6.07, 6.45) is 0. The molecule has 1 fully saturated rings. The lowest BCUT2D eigenvalue weighted by molar-refractivity contribution is 0.417. The van der Waals surface area contributed by atoms with Crippen LogP contribution in [0.25, 0.3) is 10.8 Å². The lowest BCUT2D eigenvalue weighted by Gasteiger charge is -2.39. The van der Waals surface area contributed by atoms with Crippen molar-refractivity contribution < 1.29 is 0 Å². The minimum atomic E-state index is 0.608. The Morgan fingerprint density at radius 3 is 2.65 bits per heavy atom. The molecule has 2 aromatic rings. The molecule has 3 rings (SSSR count). The summed E-state index contributed by atoms with van der Waals surface area (Å²) in [5, 5.41) is 10.9. The summed E-state index contributed by atoms with van der Waals surface area (Å²) in [6, 6.07) is 8.30. The second-order valence-electron chi connectivity index (χ2n) is 4.66. The predicted octanol–water partition coefficient (Wildman–Crippen LogP) is 1.33. The molecule has 0 bridgehead atoms. The van der Waals surface area contributed by atoms with Crippen LogP contribution in [0, 0.1) is 12.8 Å². The SMILES string of the molecule is Cc1nnc(N2CC(CN)C2)c2ccccc12. The number of hydrogen-bond donors (Lipinski definition) is 1.